The lowest BCUT2D eigenvalue weighted by molar-refractivity contribution is 0.412. The number of benzene rings is 2. The van der Waals surface area contributed by atoms with Crippen LogP contribution < -0.4 is 15.0 Å². The Hall–Kier alpha value is -1.68. The highest BCUT2D eigenvalue weighted by Gasteiger charge is 2.04. The van der Waals surface area contributed by atoms with Crippen molar-refractivity contribution in [1.82, 2.24) is 0 Å². The van der Waals surface area contributed by atoms with Crippen LogP contribution in [0.5, 0.6) is 5.75 Å². The smallest absolute Gasteiger partial charge is 0.133 e. The molecule has 3 nitrogen and oxygen atoms in total. The third-order valence-electron chi connectivity index (χ3n) is 3.09. The van der Waals surface area contributed by atoms with E-state index in [1.165, 1.54) is 11.3 Å². The van der Waals surface area contributed by atoms with Crippen molar-refractivity contribution in [1.29, 1.82) is 0 Å². The van der Waals surface area contributed by atoms with Gasteiger partial charge in [0.15, 0.2) is 0 Å². The highest BCUT2D eigenvalue weighted by atomic mass is 79.9. The van der Waals surface area contributed by atoms with Gasteiger partial charge in [-0.3, -0.25) is 0 Å². The van der Waals surface area contributed by atoms with Crippen LogP contribution in [0.1, 0.15) is 5.56 Å². The van der Waals surface area contributed by atoms with Gasteiger partial charge < -0.3 is 15.0 Å². The number of methoxy groups -OCH3 is 1. The normalized spacial score (nSPS) is 10.2. The molecule has 1 N–H and O–H groups in total. The van der Waals surface area contributed by atoms with E-state index < -0.39 is 0 Å². The second-order valence-electron chi connectivity index (χ2n) is 4.73. The van der Waals surface area contributed by atoms with Gasteiger partial charge in [-0.2, -0.15) is 0 Å². The molecule has 20 heavy (non-hydrogen) atoms. The molecule has 0 aliphatic rings. The Bertz CT molecular complexity index is 584. The summed E-state index contributed by atoms with van der Waals surface area (Å²) < 4.78 is 6.21. The average molecular weight is 335 g/mol. The zero-order valence-electron chi connectivity index (χ0n) is 12.0. The fraction of sp³-hybridized carbons (Fsp3) is 0.250. The van der Waals surface area contributed by atoms with Crippen LogP contribution in [0.3, 0.4) is 0 Å². The van der Waals surface area contributed by atoms with Crippen LogP contribution in [0, 0.1) is 0 Å². The van der Waals surface area contributed by atoms with E-state index in [-0.39, 0.29) is 0 Å². The first kappa shape index (κ1) is 14.7. The Labute approximate surface area is 128 Å². The largest absolute Gasteiger partial charge is 0.496 e. The van der Waals surface area contributed by atoms with E-state index in [0.29, 0.717) is 0 Å². The molecule has 2 aromatic rings. The Balaban J connectivity index is 2.11. The minimum atomic E-state index is 0.771. The summed E-state index contributed by atoms with van der Waals surface area (Å²) in [6.45, 7) is 0.771. The lowest BCUT2D eigenvalue weighted by atomic mass is 10.2. The lowest BCUT2D eigenvalue weighted by Crippen LogP contribution is -2.12. The SMILES string of the molecule is COc1ccc(CNc2ccccc2N(C)C)cc1Br. The second-order valence-corrected chi connectivity index (χ2v) is 5.59. The van der Waals surface area contributed by atoms with Crippen LogP contribution in [-0.4, -0.2) is 21.2 Å². The van der Waals surface area contributed by atoms with E-state index in [1.807, 2.05) is 32.3 Å². The predicted octanol–water partition coefficient (Wildman–Crippen LogP) is 4.14. The molecule has 2 rings (SSSR count). The van der Waals surface area contributed by atoms with E-state index in [1.54, 1.807) is 7.11 Å². The van der Waals surface area contributed by atoms with Gasteiger partial charge in [0.2, 0.25) is 0 Å². The van der Waals surface area contributed by atoms with Gasteiger partial charge in [0.1, 0.15) is 5.75 Å². The Morgan fingerprint density at radius 2 is 1.90 bits per heavy atom. The van der Waals surface area contributed by atoms with Crippen molar-refractivity contribution >= 4 is 27.3 Å². The van der Waals surface area contributed by atoms with Crippen molar-refractivity contribution in [3.05, 3.63) is 52.5 Å². The average Bonchev–Trinajstić information content (AvgIpc) is 2.45. The molecule has 0 fully saturated rings. The summed E-state index contributed by atoms with van der Waals surface area (Å²) in [7, 11) is 5.76. The first-order valence-electron chi connectivity index (χ1n) is 6.44. The van der Waals surface area contributed by atoms with Gasteiger partial charge in [-0.05, 0) is 45.8 Å². The summed E-state index contributed by atoms with van der Waals surface area (Å²) in [6.07, 6.45) is 0. The Morgan fingerprint density at radius 3 is 2.55 bits per heavy atom. The summed E-state index contributed by atoms with van der Waals surface area (Å²) in [5.74, 6) is 0.849. The fourth-order valence-electron chi connectivity index (χ4n) is 2.03. The molecule has 0 atom stereocenters. The van der Waals surface area contributed by atoms with Gasteiger partial charge in [0.05, 0.1) is 23.0 Å². The highest BCUT2D eigenvalue weighted by Crippen LogP contribution is 2.27. The number of ether oxygens (including phenoxy) is 1. The number of anilines is 2. The molecule has 0 saturated carbocycles. The van der Waals surface area contributed by atoms with Crippen LogP contribution >= 0.6 is 15.9 Å². The van der Waals surface area contributed by atoms with E-state index >= 15 is 0 Å². The molecule has 0 saturated heterocycles. The van der Waals surface area contributed by atoms with Crippen LogP contribution in [0.25, 0.3) is 0 Å². The van der Waals surface area contributed by atoms with Gasteiger partial charge in [-0.25, -0.2) is 0 Å². The molecule has 106 valence electrons. The molecular formula is C16H19BrN2O. The Kier molecular flexibility index (Phi) is 4.90. The van der Waals surface area contributed by atoms with Gasteiger partial charge in [0, 0.05) is 20.6 Å². The fourth-order valence-corrected chi connectivity index (χ4v) is 2.62. The molecule has 0 heterocycles. The third kappa shape index (κ3) is 3.45. The molecule has 4 heteroatoms. The monoisotopic (exact) mass is 334 g/mol. The van der Waals surface area contributed by atoms with Crippen LogP contribution in [0.15, 0.2) is 46.9 Å². The lowest BCUT2D eigenvalue weighted by Gasteiger charge is -2.18. The van der Waals surface area contributed by atoms with E-state index in [4.69, 9.17) is 4.74 Å². The number of halogens is 1. The first-order valence-corrected chi connectivity index (χ1v) is 7.23. The van der Waals surface area contributed by atoms with Crippen LogP contribution in [-0.2, 0) is 6.54 Å². The second kappa shape index (κ2) is 6.66. The molecule has 0 amide bonds. The number of rotatable bonds is 5. The Morgan fingerprint density at radius 1 is 1.15 bits per heavy atom. The molecule has 0 radical (unpaired) electrons. The number of hydrogen-bond donors (Lipinski definition) is 1. The van der Waals surface area contributed by atoms with Crippen molar-refractivity contribution in [2.24, 2.45) is 0 Å². The summed E-state index contributed by atoms with van der Waals surface area (Å²) in [5.41, 5.74) is 3.51. The van der Waals surface area contributed by atoms with E-state index in [0.717, 1.165) is 22.5 Å². The van der Waals surface area contributed by atoms with Crippen molar-refractivity contribution in [2.75, 3.05) is 31.4 Å². The molecule has 0 aliphatic heterocycles. The zero-order valence-corrected chi connectivity index (χ0v) is 13.6. The minimum Gasteiger partial charge on any atom is -0.496 e. The summed E-state index contributed by atoms with van der Waals surface area (Å²) in [5, 5.41) is 3.47. The quantitative estimate of drug-likeness (QED) is 0.889. The highest BCUT2D eigenvalue weighted by molar-refractivity contribution is 9.10. The number of nitrogens with one attached hydrogen (secondary N) is 1. The molecule has 0 unspecified atom stereocenters. The van der Waals surface area contributed by atoms with Crippen LogP contribution in [0.4, 0.5) is 11.4 Å². The van der Waals surface area contributed by atoms with Gasteiger partial charge in [-0.15, -0.1) is 0 Å². The maximum atomic E-state index is 5.24. The predicted molar refractivity (Wildman–Crippen MR) is 88.8 cm³/mol. The minimum absolute atomic E-state index is 0.771. The third-order valence-corrected chi connectivity index (χ3v) is 3.70. The molecular weight excluding hydrogens is 316 g/mol. The first-order chi connectivity index (χ1) is 9.61. The topological polar surface area (TPSA) is 24.5 Å². The summed E-state index contributed by atoms with van der Waals surface area (Å²) >= 11 is 3.51. The van der Waals surface area contributed by atoms with Crippen molar-refractivity contribution in [3.8, 4) is 5.75 Å². The molecule has 0 bridgehead atoms. The van der Waals surface area contributed by atoms with Crippen molar-refractivity contribution < 1.29 is 4.74 Å². The van der Waals surface area contributed by atoms with Crippen molar-refractivity contribution in [2.45, 2.75) is 6.54 Å². The van der Waals surface area contributed by atoms with Crippen molar-refractivity contribution in [3.63, 3.8) is 0 Å². The summed E-state index contributed by atoms with van der Waals surface area (Å²) in [4.78, 5) is 2.10. The molecule has 0 aromatic heterocycles. The van der Waals surface area contributed by atoms with E-state index in [9.17, 15) is 0 Å². The molecule has 0 aliphatic carbocycles. The number of nitrogens with zero attached hydrogens (tertiary/aromatic N) is 1. The maximum Gasteiger partial charge on any atom is 0.133 e. The number of hydrogen-bond acceptors (Lipinski definition) is 3. The maximum absolute atomic E-state index is 5.24. The summed E-state index contributed by atoms with van der Waals surface area (Å²) in [6, 6.07) is 14.4. The van der Waals surface area contributed by atoms with E-state index in [2.05, 4.69) is 50.4 Å². The van der Waals surface area contributed by atoms with Gasteiger partial charge in [-0.1, -0.05) is 18.2 Å². The number of para-hydroxylation sites is 2. The standard InChI is InChI=1S/C16H19BrN2O/c1-19(2)15-7-5-4-6-14(15)18-11-12-8-9-16(20-3)13(17)10-12/h4-10,18H,11H2,1-3H3. The van der Waals surface area contributed by atoms with Gasteiger partial charge in [0.25, 0.3) is 0 Å². The van der Waals surface area contributed by atoms with Crippen LogP contribution in [0.2, 0.25) is 0 Å². The van der Waals surface area contributed by atoms with Gasteiger partial charge >= 0.3 is 0 Å². The zero-order chi connectivity index (χ0) is 14.5. The molecule has 2 aromatic carbocycles. The molecule has 0 spiro atoms.